The van der Waals surface area contributed by atoms with Crippen molar-refractivity contribution >= 4 is 24.6 Å². The third-order valence-corrected chi connectivity index (χ3v) is 4.24. The lowest BCUT2D eigenvalue weighted by Gasteiger charge is -2.29. The summed E-state index contributed by atoms with van der Waals surface area (Å²) in [5.74, 6) is -0.863. The average molecular weight is 511 g/mol. The van der Waals surface area contributed by atoms with Gasteiger partial charge in [-0.15, -0.1) is 0 Å². The summed E-state index contributed by atoms with van der Waals surface area (Å²) < 4.78 is 84.7. The van der Waals surface area contributed by atoms with E-state index in [4.69, 9.17) is 29.9 Å². The smallest absolute Gasteiger partial charge is 0.223 e. The van der Waals surface area contributed by atoms with Crippen LogP contribution >= 0.6 is 0 Å². The van der Waals surface area contributed by atoms with E-state index in [1.165, 1.54) is 0 Å². The van der Waals surface area contributed by atoms with E-state index >= 15 is 0 Å². The van der Waals surface area contributed by atoms with E-state index in [0.29, 0.717) is 4.90 Å². The maximum atomic E-state index is 10.2. The molecule has 16 heteroatoms. The van der Waals surface area contributed by atoms with Gasteiger partial charge >= 0.3 is 0 Å². The molecule has 16 nitrogen and oxygen atoms in total. The molecule has 2 unspecified atom stereocenters. The van der Waals surface area contributed by atoms with E-state index in [2.05, 4.69) is 37.9 Å². The van der Waals surface area contributed by atoms with Crippen LogP contribution in [-0.4, -0.2) is 127 Å². The lowest BCUT2D eigenvalue weighted by molar-refractivity contribution is -0.0607. The molecule has 0 amide bonds. The second kappa shape index (κ2) is 11.6. The van der Waals surface area contributed by atoms with Gasteiger partial charge in [-0.2, -0.15) is 9.98 Å². The maximum Gasteiger partial charge on any atom is 0.223 e. The van der Waals surface area contributed by atoms with Crippen molar-refractivity contribution in [3.8, 4) is 0 Å². The van der Waals surface area contributed by atoms with Crippen LogP contribution in [0.5, 0.6) is 0 Å². The number of aliphatic hydroxyl groups is 6. The molecule has 196 valence electrons. The fraction of sp³-hybridized carbons (Fsp3) is 0.579. The summed E-state index contributed by atoms with van der Waals surface area (Å²) in [6, 6.07) is 0. The Morgan fingerprint density at radius 3 is 1.80 bits per heavy atom. The molecule has 2 saturated heterocycles. The average Bonchev–Trinajstić information content (AvgIpc) is 3.10. The summed E-state index contributed by atoms with van der Waals surface area (Å²) in [5.41, 5.74) is 10.6. The zero-order chi connectivity index (χ0) is 34.3. The normalized spacial score (nSPS) is 54.0. The Balaban J connectivity index is 0.000000308. The Morgan fingerprint density at radius 1 is 0.886 bits per heavy atom. The van der Waals surface area contributed by atoms with Crippen LogP contribution < -0.4 is 11.5 Å². The molecular weight excluding hydrogens is 468 g/mol. The second-order valence-corrected chi connectivity index (χ2v) is 6.36. The van der Waals surface area contributed by atoms with Crippen molar-refractivity contribution in [2.24, 2.45) is 31.4 Å². The van der Waals surface area contributed by atoms with E-state index in [1.807, 2.05) is 0 Å². The molecule has 0 aromatic carbocycles. The highest BCUT2D eigenvalue weighted by Gasteiger charge is 2.46. The molecule has 0 aromatic rings. The van der Waals surface area contributed by atoms with Gasteiger partial charge in [-0.1, -0.05) is 20.6 Å². The van der Waals surface area contributed by atoms with Gasteiger partial charge in [0, 0.05) is 0 Å². The summed E-state index contributed by atoms with van der Waals surface area (Å²) in [6.45, 7) is -0.261. The maximum absolute atomic E-state index is 10.2. The Hall–Kier alpha value is -2.96. The molecule has 0 aromatic heterocycles. The number of hydrogen-bond acceptors (Lipinski definition) is 16. The number of nitrogens with zero attached hydrogens (tertiary/aromatic N) is 6. The lowest BCUT2D eigenvalue weighted by Crippen LogP contribution is -2.44. The predicted molar refractivity (Wildman–Crippen MR) is 124 cm³/mol. The van der Waals surface area contributed by atoms with Crippen molar-refractivity contribution in [3.05, 3.63) is 24.8 Å². The molecule has 4 heterocycles. The van der Waals surface area contributed by atoms with Crippen LogP contribution in [-0.2, 0) is 9.47 Å². The SMILES string of the molecule is C.[2H]C([2H])(O)[C@@]1([2H])O[C@@H](N2C=NC(N)=NC2=C)[C@@H](O)C1([2H])O.[2H]C([2H])(O)[C@@]1([2H])O[C@@]([2H])(N2C=NC(N)=NC2=C)[C@@]([2H])(O)C1([2H])O. The zero-order valence-corrected chi connectivity index (χ0v) is 17.1. The molecule has 4 aliphatic heterocycles. The van der Waals surface area contributed by atoms with Gasteiger partial charge in [-0.3, -0.25) is 9.80 Å². The first-order valence-electron chi connectivity index (χ1n) is 13.9. The lowest BCUT2D eigenvalue weighted by atomic mass is 10.1. The molecule has 0 aliphatic carbocycles. The van der Waals surface area contributed by atoms with Crippen molar-refractivity contribution in [1.82, 2.24) is 9.80 Å². The predicted octanol–water partition coefficient (Wildman–Crippen LogP) is -4.25. The van der Waals surface area contributed by atoms with Gasteiger partial charge in [0.25, 0.3) is 0 Å². The zero-order valence-electron chi connectivity index (χ0n) is 27.1. The summed E-state index contributed by atoms with van der Waals surface area (Å²) >= 11 is 0. The molecule has 4 aliphatic rings. The largest absolute Gasteiger partial charge is 0.394 e. The summed E-state index contributed by atoms with van der Waals surface area (Å²) in [4.78, 5) is 15.8. The number of aliphatic imine (C=N–C) groups is 4. The minimum absolute atomic E-state index is 0. The van der Waals surface area contributed by atoms with Crippen LogP contribution in [0.3, 0.4) is 0 Å². The van der Waals surface area contributed by atoms with Crippen molar-refractivity contribution in [2.45, 2.75) is 56.4 Å². The van der Waals surface area contributed by atoms with Crippen LogP contribution in [0.25, 0.3) is 0 Å². The minimum Gasteiger partial charge on any atom is -0.394 e. The molecule has 10 N–H and O–H groups in total. The highest BCUT2D eigenvalue weighted by Crippen LogP contribution is 2.27. The number of guanidine groups is 2. The Kier molecular flexibility index (Phi) is 5.55. The number of rotatable bonds is 4. The Morgan fingerprint density at radius 2 is 1.37 bits per heavy atom. The van der Waals surface area contributed by atoms with Crippen molar-refractivity contribution in [1.29, 1.82) is 0 Å². The van der Waals surface area contributed by atoms with Crippen molar-refractivity contribution in [2.75, 3.05) is 13.1 Å². The number of aliphatic hydroxyl groups excluding tert-OH is 1. The van der Waals surface area contributed by atoms with Crippen LogP contribution in [0.1, 0.15) is 21.1 Å². The standard InChI is InChI=1S/2C9H14N4O4.CH4/c2*1-4-12-9(10)11-3-13(4)8-7(16)6(15)5(2-14)17-8;/h2*3,5-8,14-16H,1-2H2,(H2,10,12);1H4/t2*5-,6?,7+,8-;/m11./s1/i2D2,5D,6D,7D,8D;2D2,5D,6D;. The summed E-state index contributed by atoms with van der Waals surface area (Å²) in [7, 11) is 0. The quantitative estimate of drug-likeness (QED) is 0.179. The van der Waals surface area contributed by atoms with Crippen LogP contribution in [0.15, 0.2) is 44.8 Å². The molecule has 2 fully saturated rings. The molecule has 8 atom stereocenters. The van der Waals surface area contributed by atoms with Gasteiger partial charge in [-0.25, -0.2) is 9.98 Å². The Bertz CT molecular complexity index is 1350. The van der Waals surface area contributed by atoms with Gasteiger partial charge in [0.05, 0.1) is 26.8 Å². The molecule has 4 rings (SSSR count). The van der Waals surface area contributed by atoms with Crippen molar-refractivity contribution < 1.29 is 53.8 Å². The minimum atomic E-state index is -3.78. The molecule has 0 saturated carbocycles. The summed E-state index contributed by atoms with van der Waals surface area (Å²) in [6.07, 6.45) is -22.4. The van der Waals surface area contributed by atoms with Gasteiger partial charge in [0.15, 0.2) is 12.4 Å². The number of nitrogens with two attached hydrogens (primary N) is 2. The molecule has 0 spiro atoms. The first-order valence-corrected chi connectivity index (χ1v) is 8.93. The monoisotopic (exact) mass is 510 g/mol. The fourth-order valence-corrected chi connectivity index (χ4v) is 2.64. The van der Waals surface area contributed by atoms with Crippen LogP contribution in [0, 0.1) is 0 Å². The highest BCUT2D eigenvalue weighted by molar-refractivity contribution is 5.89. The number of ether oxygens (including phenoxy) is 2. The Labute approximate surface area is 215 Å². The van der Waals surface area contributed by atoms with E-state index in [0.717, 1.165) is 17.6 Å². The number of hydrogen-bond donors (Lipinski definition) is 8. The van der Waals surface area contributed by atoms with E-state index < -0.39 is 67.9 Å². The van der Waals surface area contributed by atoms with E-state index in [9.17, 15) is 30.6 Å². The molecule has 0 bridgehead atoms. The molecule has 0 radical (unpaired) electrons. The first kappa shape index (κ1) is 16.7. The van der Waals surface area contributed by atoms with Gasteiger partial charge < -0.3 is 51.6 Å². The third kappa shape index (κ3) is 5.82. The second-order valence-electron chi connectivity index (χ2n) is 6.36. The van der Waals surface area contributed by atoms with E-state index in [-0.39, 0.29) is 25.2 Å². The topological polar surface area (TPSA) is 248 Å². The molecule has 35 heavy (non-hydrogen) atoms. The van der Waals surface area contributed by atoms with Crippen LogP contribution in [0.4, 0.5) is 0 Å². The van der Waals surface area contributed by atoms with E-state index in [1.54, 1.807) is 0 Å². The molecular formula is C19H32N8O8. The third-order valence-electron chi connectivity index (χ3n) is 4.24. The van der Waals surface area contributed by atoms with Gasteiger partial charge in [-0.05, 0) is 0 Å². The van der Waals surface area contributed by atoms with Crippen molar-refractivity contribution in [3.63, 3.8) is 0 Å². The van der Waals surface area contributed by atoms with Gasteiger partial charge in [0.2, 0.25) is 11.9 Å². The summed E-state index contributed by atoms with van der Waals surface area (Å²) in [5, 5.41) is 58.8. The van der Waals surface area contributed by atoms with Gasteiger partial charge in [0.1, 0.15) is 60.8 Å². The fourth-order valence-electron chi connectivity index (χ4n) is 2.64. The first-order chi connectivity index (χ1) is 19.5. The highest BCUT2D eigenvalue weighted by atomic mass is 16.6. The van der Waals surface area contributed by atoms with Crippen LogP contribution in [0.2, 0.25) is 0 Å².